The second-order valence-corrected chi connectivity index (χ2v) is 8.63. The van der Waals surface area contributed by atoms with Crippen LogP contribution in [0.25, 0.3) is 0 Å². The van der Waals surface area contributed by atoms with E-state index in [0.29, 0.717) is 24.3 Å². The first-order valence-electron chi connectivity index (χ1n) is 10.7. The van der Waals surface area contributed by atoms with Crippen molar-refractivity contribution < 1.29 is 9.53 Å². The summed E-state index contributed by atoms with van der Waals surface area (Å²) >= 11 is 1.60. The van der Waals surface area contributed by atoms with Gasteiger partial charge in [-0.3, -0.25) is 0 Å². The highest BCUT2D eigenvalue weighted by Crippen LogP contribution is 2.26. The highest BCUT2D eigenvalue weighted by Gasteiger charge is 2.19. The Morgan fingerprint density at radius 2 is 1.55 bits per heavy atom. The van der Waals surface area contributed by atoms with Crippen LogP contribution in [0.3, 0.4) is 0 Å². The van der Waals surface area contributed by atoms with Crippen molar-refractivity contribution in [3.8, 4) is 0 Å². The largest absolute Gasteiger partial charge is 0.465 e. The molecule has 4 aromatic rings. The van der Waals surface area contributed by atoms with Crippen LogP contribution >= 0.6 is 11.8 Å². The molecule has 2 N–H and O–H groups in total. The molecular formula is C26H26N4O2S. The Morgan fingerprint density at radius 3 is 2.18 bits per heavy atom. The van der Waals surface area contributed by atoms with E-state index in [9.17, 15) is 4.79 Å². The van der Waals surface area contributed by atoms with Crippen LogP contribution in [0.15, 0.2) is 90.1 Å². The Labute approximate surface area is 197 Å². The molecule has 3 aromatic carbocycles. The molecule has 0 fully saturated rings. The number of carbonyl (C=O) groups is 1. The van der Waals surface area contributed by atoms with Gasteiger partial charge in [-0.2, -0.15) is 0 Å². The fourth-order valence-corrected chi connectivity index (χ4v) is 4.46. The summed E-state index contributed by atoms with van der Waals surface area (Å²) in [5.74, 6) is 1.13. The maximum atomic E-state index is 11.7. The van der Waals surface area contributed by atoms with E-state index in [1.54, 1.807) is 23.9 Å². The Bertz CT molecular complexity index is 1180. The fraction of sp³-hybridized carbons (Fsp3) is 0.192. The fourth-order valence-electron chi connectivity index (χ4n) is 3.56. The van der Waals surface area contributed by atoms with Crippen LogP contribution in [-0.2, 0) is 23.5 Å². The molecule has 0 aliphatic carbocycles. The molecule has 4 rings (SSSR count). The summed E-state index contributed by atoms with van der Waals surface area (Å²) < 4.78 is 6.88. The second kappa shape index (κ2) is 10.9. The van der Waals surface area contributed by atoms with Gasteiger partial charge in [0.1, 0.15) is 0 Å². The normalized spacial score (nSPS) is 11.8. The number of ether oxygens (including phenoxy) is 1. The standard InChI is InChI=1S/C26H26N4O2S/c1-32-25(31)22-14-12-21(13-15-22)18-33-26-29-28-24(23(27)16-19-8-4-2-5-9-19)30(26)17-20-10-6-3-7-11-20/h2-15,23H,16-18,27H2,1H3/t23-/m0/s1. The van der Waals surface area contributed by atoms with Crippen molar-refractivity contribution in [2.75, 3.05) is 7.11 Å². The number of benzene rings is 3. The third kappa shape index (κ3) is 5.88. The van der Waals surface area contributed by atoms with E-state index in [4.69, 9.17) is 10.5 Å². The number of nitrogens with two attached hydrogens (primary N) is 1. The summed E-state index contributed by atoms with van der Waals surface area (Å²) in [5.41, 5.74) is 10.5. The number of nitrogens with zero attached hydrogens (tertiary/aromatic N) is 3. The zero-order chi connectivity index (χ0) is 23.0. The lowest BCUT2D eigenvalue weighted by Crippen LogP contribution is -2.20. The van der Waals surface area contributed by atoms with Gasteiger partial charge in [0.25, 0.3) is 0 Å². The molecule has 0 aliphatic heterocycles. The number of esters is 1. The van der Waals surface area contributed by atoms with Gasteiger partial charge in [0.15, 0.2) is 11.0 Å². The van der Waals surface area contributed by atoms with Gasteiger partial charge in [0.2, 0.25) is 0 Å². The Hall–Kier alpha value is -3.42. The van der Waals surface area contributed by atoms with Crippen molar-refractivity contribution in [3.05, 3.63) is 113 Å². The number of methoxy groups -OCH3 is 1. The number of carbonyl (C=O) groups excluding carboxylic acids is 1. The number of aromatic nitrogens is 3. The average Bonchev–Trinajstić information content (AvgIpc) is 3.26. The first kappa shape index (κ1) is 22.8. The van der Waals surface area contributed by atoms with Crippen LogP contribution in [-0.4, -0.2) is 27.8 Å². The van der Waals surface area contributed by atoms with Crippen LogP contribution in [0.2, 0.25) is 0 Å². The van der Waals surface area contributed by atoms with E-state index in [0.717, 1.165) is 22.1 Å². The van der Waals surface area contributed by atoms with Crippen molar-refractivity contribution in [2.24, 2.45) is 5.73 Å². The Balaban J connectivity index is 1.54. The van der Waals surface area contributed by atoms with E-state index >= 15 is 0 Å². The zero-order valence-corrected chi connectivity index (χ0v) is 19.2. The quantitative estimate of drug-likeness (QED) is 0.290. The van der Waals surface area contributed by atoms with Gasteiger partial charge in [-0.15, -0.1) is 10.2 Å². The molecule has 6 nitrogen and oxygen atoms in total. The third-order valence-electron chi connectivity index (χ3n) is 5.30. The van der Waals surface area contributed by atoms with Gasteiger partial charge in [-0.05, 0) is 35.2 Å². The van der Waals surface area contributed by atoms with Crippen LogP contribution in [0.1, 0.15) is 38.9 Å². The van der Waals surface area contributed by atoms with Gasteiger partial charge >= 0.3 is 5.97 Å². The number of rotatable bonds is 9. The van der Waals surface area contributed by atoms with Gasteiger partial charge in [-0.1, -0.05) is 84.6 Å². The smallest absolute Gasteiger partial charge is 0.337 e. The first-order chi connectivity index (χ1) is 16.1. The van der Waals surface area contributed by atoms with Crippen LogP contribution in [0.5, 0.6) is 0 Å². The second-order valence-electron chi connectivity index (χ2n) is 7.69. The van der Waals surface area contributed by atoms with E-state index < -0.39 is 0 Å². The van der Waals surface area contributed by atoms with Gasteiger partial charge in [-0.25, -0.2) is 4.79 Å². The maximum absolute atomic E-state index is 11.7. The molecule has 0 bridgehead atoms. The zero-order valence-electron chi connectivity index (χ0n) is 18.4. The van der Waals surface area contributed by atoms with Crippen molar-refractivity contribution in [3.63, 3.8) is 0 Å². The molecule has 1 atom stereocenters. The SMILES string of the molecule is COC(=O)c1ccc(CSc2nnc([C@@H](N)Cc3ccccc3)n2Cc2ccccc2)cc1. The lowest BCUT2D eigenvalue weighted by molar-refractivity contribution is 0.0600. The summed E-state index contributed by atoms with van der Waals surface area (Å²) in [6.45, 7) is 0.648. The maximum Gasteiger partial charge on any atom is 0.337 e. The lowest BCUT2D eigenvalue weighted by Gasteiger charge is -2.15. The van der Waals surface area contributed by atoms with Crippen LogP contribution in [0.4, 0.5) is 0 Å². The van der Waals surface area contributed by atoms with Crippen molar-refractivity contribution in [1.29, 1.82) is 0 Å². The summed E-state index contributed by atoms with van der Waals surface area (Å²) in [6.07, 6.45) is 0.688. The van der Waals surface area contributed by atoms with E-state index in [1.165, 1.54) is 12.7 Å². The molecule has 1 aromatic heterocycles. The van der Waals surface area contributed by atoms with Gasteiger partial charge in [0.05, 0.1) is 25.3 Å². The van der Waals surface area contributed by atoms with Crippen molar-refractivity contribution >= 4 is 17.7 Å². The molecule has 0 saturated carbocycles. The number of thioether (sulfide) groups is 1. The minimum atomic E-state index is -0.339. The van der Waals surface area contributed by atoms with Crippen LogP contribution < -0.4 is 5.73 Å². The number of hydrogen-bond acceptors (Lipinski definition) is 6. The summed E-state index contributed by atoms with van der Waals surface area (Å²) in [4.78, 5) is 11.7. The monoisotopic (exact) mass is 458 g/mol. The predicted molar refractivity (Wildman–Crippen MR) is 130 cm³/mol. The molecule has 7 heteroatoms. The molecule has 33 heavy (non-hydrogen) atoms. The Kier molecular flexibility index (Phi) is 7.55. The van der Waals surface area contributed by atoms with E-state index in [2.05, 4.69) is 39.0 Å². The molecule has 168 valence electrons. The lowest BCUT2D eigenvalue weighted by atomic mass is 10.1. The van der Waals surface area contributed by atoms with E-state index in [-0.39, 0.29) is 12.0 Å². The molecule has 0 aliphatic rings. The van der Waals surface area contributed by atoms with Crippen LogP contribution in [0, 0.1) is 0 Å². The predicted octanol–water partition coefficient (Wildman–Crippen LogP) is 4.65. The van der Waals surface area contributed by atoms with Crippen molar-refractivity contribution in [1.82, 2.24) is 14.8 Å². The molecule has 0 radical (unpaired) electrons. The molecule has 0 amide bonds. The minimum absolute atomic E-state index is 0.266. The number of hydrogen-bond donors (Lipinski definition) is 1. The molecule has 0 spiro atoms. The summed E-state index contributed by atoms with van der Waals surface area (Å²) in [7, 11) is 1.38. The van der Waals surface area contributed by atoms with Gasteiger partial charge in [0, 0.05) is 5.75 Å². The van der Waals surface area contributed by atoms with E-state index in [1.807, 2.05) is 48.5 Å². The highest BCUT2D eigenvalue weighted by molar-refractivity contribution is 7.98. The average molecular weight is 459 g/mol. The van der Waals surface area contributed by atoms with Crippen molar-refractivity contribution in [2.45, 2.75) is 29.9 Å². The minimum Gasteiger partial charge on any atom is -0.465 e. The highest BCUT2D eigenvalue weighted by atomic mass is 32.2. The molecule has 0 unspecified atom stereocenters. The Morgan fingerprint density at radius 1 is 0.909 bits per heavy atom. The molecular weight excluding hydrogens is 432 g/mol. The summed E-state index contributed by atoms with van der Waals surface area (Å²) in [5, 5.41) is 9.76. The molecule has 0 saturated heterocycles. The topological polar surface area (TPSA) is 83.0 Å². The first-order valence-corrected chi connectivity index (χ1v) is 11.7. The van der Waals surface area contributed by atoms with Gasteiger partial charge < -0.3 is 15.0 Å². The molecule has 1 heterocycles. The third-order valence-corrected chi connectivity index (χ3v) is 6.34. The summed E-state index contributed by atoms with van der Waals surface area (Å²) in [6, 6.07) is 27.6.